The van der Waals surface area contributed by atoms with E-state index in [1.165, 1.54) is 11.1 Å². The average Bonchev–Trinajstić information content (AvgIpc) is 2.31. The summed E-state index contributed by atoms with van der Waals surface area (Å²) in [6, 6.07) is 6.37. The Hall–Kier alpha value is -1.42. The molecule has 0 spiro atoms. The zero-order valence-electron chi connectivity index (χ0n) is 11.5. The van der Waals surface area contributed by atoms with Crippen LogP contribution in [0.15, 0.2) is 18.2 Å². The molecule has 1 nitrogen and oxygen atoms in total. The molecule has 0 amide bonds. The Kier molecular flexibility index (Phi) is 5.10. The SMILES string of the molecule is CC#CC(C)C(C)c1cc(C)ccc1OCC. The van der Waals surface area contributed by atoms with Crippen LogP contribution in [0.3, 0.4) is 0 Å². The van der Waals surface area contributed by atoms with E-state index in [9.17, 15) is 0 Å². The highest BCUT2D eigenvalue weighted by Gasteiger charge is 2.16. The topological polar surface area (TPSA) is 9.23 Å². The molecule has 0 N–H and O–H groups in total. The molecule has 0 aliphatic rings. The molecule has 0 heterocycles. The minimum Gasteiger partial charge on any atom is -0.494 e. The van der Waals surface area contributed by atoms with E-state index in [2.05, 4.69) is 50.8 Å². The number of aryl methyl sites for hydroxylation is 1. The first-order valence-corrected chi connectivity index (χ1v) is 6.25. The smallest absolute Gasteiger partial charge is 0.122 e. The van der Waals surface area contributed by atoms with Crippen LogP contribution in [-0.4, -0.2) is 6.61 Å². The third-order valence-corrected chi connectivity index (χ3v) is 3.08. The molecule has 0 radical (unpaired) electrons. The molecule has 0 aromatic heterocycles. The summed E-state index contributed by atoms with van der Waals surface area (Å²) in [4.78, 5) is 0. The van der Waals surface area contributed by atoms with Gasteiger partial charge in [0.15, 0.2) is 0 Å². The van der Waals surface area contributed by atoms with Crippen molar-refractivity contribution in [3.05, 3.63) is 29.3 Å². The Balaban J connectivity index is 3.07. The van der Waals surface area contributed by atoms with E-state index in [1.54, 1.807) is 0 Å². The normalized spacial score (nSPS) is 13.5. The van der Waals surface area contributed by atoms with Crippen molar-refractivity contribution in [2.75, 3.05) is 6.61 Å². The molecular weight excluding hydrogens is 208 g/mol. The van der Waals surface area contributed by atoms with E-state index in [4.69, 9.17) is 4.74 Å². The molecular formula is C16H22O. The maximum atomic E-state index is 5.69. The first kappa shape index (κ1) is 13.6. The second-order valence-electron chi connectivity index (χ2n) is 4.45. The highest BCUT2D eigenvalue weighted by Crippen LogP contribution is 2.32. The standard InChI is InChI=1S/C16H22O/c1-6-8-13(4)14(5)15-11-12(3)9-10-16(15)17-7-2/h9-11,13-14H,7H2,1-5H3. The lowest BCUT2D eigenvalue weighted by atomic mass is 9.88. The highest BCUT2D eigenvalue weighted by atomic mass is 16.5. The average molecular weight is 230 g/mol. The number of hydrogen-bond acceptors (Lipinski definition) is 1. The summed E-state index contributed by atoms with van der Waals surface area (Å²) < 4.78 is 5.69. The van der Waals surface area contributed by atoms with Crippen LogP contribution in [0.5, 0.6) is 5.75 Å². The molecule has 0 aliphatic heterocycles. The third kappa shape index (κ3) is 3.53. The number of ether oxygens (including phenoxy) is 1. The molecule has 1 aromatic rings. The Morgan fingerprint density at radius 2 is 2.00 bits per heavy atom. The molecule has 0 bridgehead atoms. The van der Waals surface area contributed by atoms with Crippen molar-refractivity contribution in [2.45, 2.75) is 40.5 Å². The lowest BCUT2D eigenvalue weighted by Crippen LogP contribution is -2.07. The van der Waals surface area contributed by atoms with Crippen LogP contribution < -0.4 is 4.74 Å². The van der Waals surface area contributed by atoms with Gasteiger partial charge >= 0.3 is 0 Å². The highest BCUT2D eigenvalue weighted by molar-refractivity contribution is 5.40. The molecule has 1 rings (SSSR count). The minimum absolute atomic E-state index is 0.348. The zero-order valence-corrected chi connectivity index (χ0v) is 11.5. The lowest BCUT2D eigenvalue weighted by molar-refractivity contribution is 0.332. The summed E-state index contributed by atoms with van der Waals surface area (Å²) in [7, 11) is 0. The maximum absolute atomic E-state index is 5.69. The zero-order chi connectivity index (χ0) is 12.8. The molecule has 0 fully saturated rings. The predicted octanol–water partition coefficient (Wildman–Crippen LogP) is 4.16. The minimum atomic E-state index is 0.348. The predicted molar refractivity (Wildman–Crippen MR) is 73.4 cm³/mol. The molecule has 92 valence electrons. The van der Waals surface area contributed by atoms with Gasteiger partial charge in [-0.05, 0) is 38.3 Å². The lowest BCUT2D eigenvalue weighted by Gasteiger charge is -2.19. The molecule has 1 heteroatoms. The Morgan fingerprint density at radius 3 is 2.59 bits per heavy atom. The van der Waals surface area contributed by atoms with Crippen molar-refractivity contribution in [2.24, 2.45) is 5.92 Å². The second-order valence-corrected chi connectivity index (χ2v) is 4.45. The van der Waals surface area contributed by atoms with E-state index in [0.717, 1.165) is 5.75 Å². The fourth-order valence-electron chi connectivity index (χ4n) is 1.93. The number of benzene rings is 1. The van der Waals surface area contributed by atoms with Crippen LogP contribution in [0.25, 0.3) is 0 Å². The summed E-state index contributed by atoms with van der Waals surface area (Å²) >= 11 is 0. The fraction of sp³-hybridized carbons (Fsp3) is 0.500. The van der Waals surface area contributed by atoms with Gasteiger partial charge < -0.3 is 4.74 Å². The van der Waals surface area contributed by atoms with Crippen LogP contribution >= 0.6 is 0 Å². The van der Waals surface area contributed by atoms with Gasteiger partial charge in [-0.2, -0.15) is 0 Å². The summed E-state index contributed by atoms with van der Waals surface area (Å²) in [6.07, 6.45) is 0. The van der Waals surface area contributed by atoms with Crippen molar-refractivity contribution in [1.82, 2.24) is 0 Å². The molecule has 17 heavy (non-hydrogen) atoms. The monoisotopic (exact) mass is 230 g/mol. The van der Waals surface area contributed by atoms with Crippen LogP contribution in [0, 0.1) is 24.7 Å². The second kappa shape index (κ2) is 6.35. The molecule has 1 aromatic carbocycles. The van der Waals surface area contributed by atoms with Crippen molar-refractivity contribution in [3.8, 4) is 17.6 Å². The summed E-state index contributed by atoms with van der Waals surface area (Å²) in [5, 5.41) is 0. The van der Waals surface area contributed by atoms with Crippen molar-refractivity contribution in [1.29, 1.82) is 0 Å². The van der Waals surface area contributed by atoms with Crippen molar-refractivity contribution >= 4 is 0 Å². The third-order valence-electron chi connectivity index (χ3n) is 3.08. The molecule has 0 saturated carbocycles. The first-order chi connectivity index (χ1) is 8.10. The summed E-state index contributed by atoms with van der Waals surface area (Å²) in [5.74, 6) is 7.96. The van der Waals surface area contributed by atoms with Crippen LogP contribution in [0.1, 0.15) is 44.7 Å². The quantitative estimate of drug-likeness (QED) is 0.706. The molecule has 0 saturated heterocycles. The van der Waals surface area contributed by atoms with Crippen LogP contribution in [0.4, 0.5) is 0 Å². The molecule has 2 atom stereocenters. The first-order valence-electron chi connectivity index (χ1n) is 6.25. The van der Waals surface area contributed by atoms with Gasteiger partial charge in [0.1, 0.15) is 5.75 Å². The van der Waals surface area contributed by atoms with Gasteiger partial charge in [0, 0.05) is 5.92 Å². The van der Waals surface area contributed by atoms with E-state index in [-0.39, 0.29) is 0 Å². The van der Waals surface area contributed by atoms with E-state index in [0.29, 0.717) is 18.4 Å². The van der Waals surface area contributed by atoms with Crippen LogP contribution in [0.2, 0.25) is 0 Å². The van der Waals surface area contributed by atoms with Gasteiger partial charge in [0.05, 0.1) is 6.61 Å². The summed E-state index contributed by atoms with van der Waals surface area (Å²) in [6.45, 7) is 11.1. The molecule has 0 aliphatic carbocycles. The van der Waals surface area contributed by atoms with Gasteiger partial charge in [0.2, 0.25) is 0 Å². The van der Waals surface area contributed by atoms with E-state index >= 15 is 0 Å². The maximum Gasteiger partial charge on any atom is 0.122 e. The Bertz CT molecular complexity index is 423. The largest absolute Gasteiger partial charge is 0.494 e. The van der Waals surface area contributed by atoms with E-state index < -0.39 is 0 Å². The van der Waals surface area contributed by atoms with Gasteiger partial charge in [-0.25, -0.2) is 0 Å². The van der Waals surface area contributed by atoms with Gasteiger partial charge in [-0.3, -0.25) is 0 Å². The Morgan fingerprint density at radius 1 is 1.29 bits per heavy atom. The fourth-order valence-corrected chi connectivity index (χ4v) is 1.93. The van der Waals surface area contributed by atoms with Gasteiger partial charge in [0.25, 0.3) is 0 Å². The van der Waals surface area contributed by atoms with E-state index in [1.807, 2.05) is 13.8 Å². The number of rotatable bonds is 4. The van der Waals surface area contributed by atoms with Crippen LogP contribution in [-0.2, 0) is 0 Å². The number of hydrogen-bond donors (Lipinski definition) is 0. The Labute approximate surface area is 105 Å². The van der Waals surface area contributed by atoms with Crippen molar-refractivity contribution < 1.29 is 4.74 Å². The van der Waals surface area contributed by atoms with Gasteiger partial charge in [-0.15, -0.1) is 5.92 Å². The van der Waals surface area contributed by atoms with Crippen molar-refractivity contribution in [3.63, 3.8) is 0 Å². The molecule has 2 unspecified atom stereocenters. The summed E-state index contributed by atoms with van der Waals surface area (Å²) in [5.41, 5.74) is 2.54. The van der Waals surface area contributed by atoms with Gasteiger partial charge in [-0.1, -0.05) is 37.5 Å².